The van der Waals surface area contributed by atoms with Crippen molar-refractivity contribution in [2.75, 3.05) is 11.9 Å². The van der Waals surface area contributed by atoms with E-state index < -0.39 is 0 Å². The van der Waals surface area contributed by atoms with E-state index in [1.807, 2.05) is 43.3 Å². The van der Waals surface area contributed by atoms with E-state index in [0.29, 0.717) is 6.61 Å². The van der Waals surface area contributed by atoms with Gasteiger partial charge in [-0.05, 0) is 50.2 Å². The largest absolute Gasteiger partial charge is 0.494 e. The predicted octanol–water partition coefficient (Wildman–Crippen LogP) is 6.02. The quantitative estimate of drug-likeness (QED) is 0.579. The summed E-state index contributed by atoms with van der Waals surface area (Å²) in [7, 11) is 0. The molecule has 0 atom stereocenters. The maximum atomic E-state index is 5.46. The molecule has 0 fully saturated rings. The minimum atomic E-state index is 0.676. The van der Waals surface area contributed by atoms with Crippen molar-refractivity contribution in [1.82, 2.24) is 4.98 Å². The Bertz CT molecular complexity index is 782. The number of benzene rings is 2. The molecule has 3 aromatic rings. The molecular formula is C18H17BrN2OS. The average molecular weight is 389 g/mol. The number of aromatic nitrogens is 1. The minimum Gasteiger partial charge on any atom is -0.494 e. The van der Waals surface area contributed by atoms with E-state index in [0.717, 1.165) is 32.3 Å². The summed E-state index contributed by atoms with van der Waals surface area (Å²) in [6.45, 7) is 4.75. The molecule has 0 unspecified atom stereocenters. The normalized spacial score (nSPS) is 10.6. The molecule has 0 amide bonds. The zero-order valence-electron chi connectivity index (χ0n) is 13.0. The van der Waals surface area contributed by atoms with Crippen molar-refractivity contribution in [1.29, 1.82) is 0 Å². The predicted molar refractivity (Wildman–Crippen MR) is 101 cm³/mol. The van der Waals surface area contributed by atoms with Crippen molar-refractivity contribution in [3.8, 4) is 17.0 Å². The highest BCUT2D eigenvalue weighted by Gasteiger charge is 2.10. The van der Waals surface area contributed by atoms with Crippen molar-refractivity contribution < 1.29 is 4.74 Å². The molecule has 118 valence electrons. The molecule has 5 heteroatoms. The lowest BCUT2D eigenvalue weighted by atomic mass is 10.1. The van der Waals surface area contributed by atoms with E-state index in [9.17, 15) is 0 Å². The fourth-order valence-corrected chi connectivity index (χ4v) is 3.37. The van der Waals surface area contributed by atoms with Gasteiger partial charge in [0.05, 0.1) is 12.3 Å². The Labute approximate surface area is 148 Å². The molecule has 3 nitrogen and oxygen atoms in total. The van der Waals surface area contributed by atoms with Gasteiger partial charge in [-0.3, -0.25) is 0 Å². The first-order valence-corrected chi connectivity index (χ1v) is 9.00. The zero-order chi connectivity index (χ0) is 16.2. The van der Waals surface area contributed by atoms with Crippen molar-refractivity contribution in [2.24, 2.45) is 0 Å². The van der Waals surface area contributed by atoms with E-state index in [4.69, 9.17) is 9.72 Å². The van der Waals surface area contributed by atoms with Gasteiger partial charge < -0.3 is 10.1 Å². The summed E-state index contributed by atoms with van der Waals surface area (Å²) < 4.78 is 6.53. The van der Waals surface area contributed by atoms with Gasteiger partial charge in [0.2, 0.25) is 0 Å². The Morgan fingerprint density at radius 2 is 1.78 bits per heavy atom. The molecule has 0 spiro atoms. The van der Waals surface area contributed by atoms with Crippen molar-refractivity contribution in [3.05, 3.63) is 57.9 Å². The van der Waals surface area contributed by atoms with Gasteiger partial charge in [0.15, 0.2) is 5.13 Å². The second-order valence-corrected chi connectivity index (χ2v) is 7.13. The molecule has 0 aliphatic heterocycles. The number of aryl methyl sites for hydroxylation is 1. The number of nitrogens with zero attached hydrogens (tertiary/aromatic N) is 1. The number of hydrogen-bond acceptors (Lipinski definition) is 4. The van der Waals surface area contributed by atoms with Crippen LogP contribution < -0.4 is 10.1 Å². The molecule has 0 aliphatic carbocycles. The highest BCUT2D eigenvalue weighted by atomic mass is 79.9. The Balaban J connectivity index is 1.79. The lowest BCUT2D eigenvalue weighted by molar-refractivity contribution is 0.340. The molecule has 0 saturated carbocycles. The first kappa shape index (κ1) is 16.0. The molecule has 23 heavy (non-hydrogen) atoms. The number of thiazole rings is 1. The molecule has 0 saturated heterocycles. The van der Waals surface area contributed by atoms with Crippen LogP contribution in [0.3, 0.4) is 0 Å². The standard InChI is InChI=1S/C18H17BrN2OS/c1-3-22-16-10-8-15(9-11-16)20-18-21-17(12(2)23-18)13-4-6-14(19)7-5-13/h4-11H,3H2,1-2H3,(H,20,21). The van der Waals surface area contributed by atoms with Gasteiger partial charge in [-0.25, -0.2) is 4.98 Å². The highest BCUT2D eigenvalue weighted by Crippen LogP contribution is 2.32. The SMILES string of the molecule is CCOc1ccc(Nc2nc(-c3ccc(Br)cc3)c(C)s2)cc1. The molecule has 0 radical (unpaired) electrons. The van der Waals surface area contributed by atoms with Gasteiger partial charge in [0.25, 0.3) is 0 Å². The summed E-state index contributed by atoms with van der Waals surface area (Å²) in [6.07, 6.45) is 0. The average Bonchev–Trinajstić information content (AvgIpc) is 2.91. The van der Waals surface area contributed by atoms with Crippen LogP contribution in [0.15, 0.2) is 53.0 Å². The van der Waals surface area contributed by atoms with Gasteiger partial charge >= 0.3 is 0 Å². The summed E-state index contributed by atoms with van der Waals surface area (Å²) in [4.78, 5) is 5.92. The number of rotatable bonds is 5. The Morgan fingerprint density at radius 3 is 2.43 bits per heavy atom. The van der Waals surface area contributed by atoms with Crippen LogP contribution in [-0.4, -0.2) is 11.6 Å². The first-order valence-electron chi connectivity index (χ1n) is 7.39. The van der Waals surface area contributed by atoms with Crippen molar-refractivity contribution >= 4 is 38.1 Å². The van der Waals surface area contributed by atoms with Crippen LogP contribution >= 0.6 is 27.3 Å². The number of ether oxygens (including phenoxy) is 1. The number of nitrogens with one attached hydrogen (secondary N) is 1. The van der Waals surface area contributed by atoms with Crippen molar-refractivity contribution in [3.63, 3.8) is 0 Å². The number of hydrogen-bond donors (Lipinski definition) is 1. The Morgan fingerprint density at radius 1 is 1.09 bits per heavy atom. The van der Waals surface area contributed by atoms with E-state index in [1.165, 1.54) is 4.88 Å². The lowest BCUT2D eigenvalue weighted by Gasteiger charge is -2.05. The fraction of sp³-hybridized carbons (Fsp3) is 0.167. The third kappa shape index (κ3) is 3.92. The van der Waals surface area contributed by atoms with Gasteiger partial charge in [-0.15, -0.1) is 11.3 Å². The number of halogens is 1. The van der Waals surface area contributed by atoms with E-state index in [2.05, 4.69) is 40.3 Å². The monoisotopic (exact) mass is 388 g/mol. The lowest BCUT2D eigenvalue weighted by Crippen LogP contribution is -1.92. The second kappa shape index (κ2) is 7.15. The maximum Gasteiger partial charge on any atom is 0.187 e. The second-order valence-electron chi connectivity index (χ2n) is 5.01. The van der Waals surface area contributed by atoms with Crippen LogP contribution in [0.4, 0.5) is 10.8 Å². The molecule has 3 rings (SSSR count). The van der Waals surface area contributed by atoms with Crippen LogP contribution in [-0.2, 0) is 0 Å². The van der Waals surface area contributed by atoms with Gasteiger partial charge in [0, 0.05) is 20.6 Å². The van der Waals surface area contributed by atoms with Crippen LogP contribution in [0.25, 0.3) is 11.3 Å². The summed E-state index contributed by atoms with van der Waals surface area (Å²) in [6, 6.07) is 16.1. The van der Waals surface area contributed by atoms with E-state index in [-0.39, 0.29) is 0 Å². The molecule has 0 bridgehead atoms. The van der Waals surface area contributed by atoms with E-state index >= 15 is 0 Å². The maximum absolute atomic E-state index is 5.46. The summed E-state index contributed by atoms with van der Waals surface area (Å²) in [5.41, 5.74) is 3.15. The third-order valence-electron chi connectivity index (χ3n) is 3.33. The molecule has 1 aromatic heterocycles. The summed E-state index contributed by atoms with van der Waals surface area (Å²) in [5, 5.41) is 4.25. The van der Waals surface area contributed by atoms with Crippen molar-refractivity contribution in [2.45, 2.75) is 13.8 Å². The Kier molecular flexibility index (Phi) is 4.98. The smallest absolute Gasteiger partial charge is 0.187 e. The highest BCUT2D eigenvalue weighted by molar-refractivity contribution is 9.10. The van der Waals surface area contributed by atoms with Gasteiger partial charge in [-0.1, -0.05) is 28.1 Å². The first-order chi connectivity index (χ1) is 11.2. The fourth-order valence-electron chi connectivity index (χ4n) is 2.25. The van der Waals surface area contributed by atoms with Crippen LogP contribution in [0.2, 0.25) is 0 Å². The molecule has 1 heterocycles. The molecule has 0 aliphatic rings. The topological polar surface area (TPSA) is 34.1 Å². The van der Waals surface area contributed by atoms with Crippen LogP contribution in [0.1, 0.15) is 11.8 Å². The summed E-state index contributed by atoms with van der Waals surface area (Å²) in [5.74, 6) is 0.879. The van der Waals surface area contributed by atoms with Gasteiger partial charge in [-0.2, -0.15) is 0 Å². The molecule has 1 N–H and O–H groups in total. The molecule has 2 aromatic carbocycles. The minimum absolute atomic E-state index is 0.676. The summed E-state index contributed by atoms with van der Waals surface area (Å²) >= 11 is 5.12. The molecular weight excluding hydrogens is 372 g/mol. The number of anilines is 2. The Hall–Kier alpha value is -1.85. The zero-order valence-corrected chi connectivity index (χ0v) is 15.4. The van der Waals surface area contributed by atoms with Crippen LogP contribution in [0.5, 0.6) is 5.75 Å². The van der Waals surface area contributed by atoms with Gasteiger partial charge in [0.1, 0.15) is 5.75 Å². The van der Waals surface area contributed by atoms with E-state index in [1.54, 1.807) is 11.3 Å². The van der Waals surface area contributed by atoms with Crippen LogP contribution in [0, 0.1) is 6.92 Å². The third-order valence-corrected chi connectivity index (χ3v) is 4.75.